The molecule has 3 aromatic rings. The number of carbonyl (C=O) groups is 1. The molecule has 1 N–H and O–H groups in total. The van der Waals surface area contributed by atoms with Crippen LogP contribution in [0.3, 0.4) is 0 Å². The predicted octanol–water partition coefficient (Wildman–Crippen LogP) is 4.76. The number of amides is 1. The van der Waals surface area contributed by atoms with Gasteiger partial charge in [0.2, 0.25) is 11.0 Å². The van der Waals surface area contributed by atoms with Crippen LogP contribution in [-0.2, 0) is 17.0 Å². The molecule has 0 saturated carbocycles. The van der Waals surface area contributed by atoms with E-state index in [4.69, 9.17) is 5.26 Å². The molecule has 140 valence electrons. The average Bonchev–Trinajstić information content (AvgIpc) is 3.19. The zero-order chi connectivity index (χ0) is 19.3. The number of thioether (sulfide) groups is 1. The monoisotopic (exact) mass is 406 g/mol. The highest BCUT2D eigenvalue weighted by Crippen LogP contribution is 2.33. The SMILES string of the molecule is N#Cc1ccc(CSc2nnc(NC(=O)C3CCCc4ccccc43)s2)cc1. The van der Waals surface area contributed by atoms with E-state index in [0.29, 0.717) is 10.7 Å². The predicted molar refractivity (Wildman–Crippen MR) is 111 cm³/mol. The van der Waals surface area contributed by atoms with Crippen LogP contribution in [0.25, 0.3) is 0 Å². The summed E-state index contributed by atoms with van der Waals surface area (Å²) in [5, 5.41) is 20.6. The minimum absolute atomic E-state index is 0.00746. The number of carbonyl (C=O) groups excluding carboxylic acids is 1. The molecule has 1 atom stereocenters. The Labute approximate surface area is 171 Å². The first kappa shape index (κ1) is 18.7. The van der Waals surface area contributed by atoms with Crippen LogP contribution in [0.5, 0.6) is 0 Å². The lowest BCUT2D eigenvalue weighted by atomic mass is 9.82. The van der Waals surface area contributed by atoms with Gasteiger partial charge < -0.3 is 0 Å². The smallest absolute Gasteiger partial charge is 0.233 e. The van der Waals surface area contributed by atoms with Crippen molar-refractivity contribution in [1.82, 2.24) is 10.2 Å². The number of nitrogens with zero attached hydrogens (tertiary/aromatic N) is 3. The van der Waals surface area contributed by atoms with Crippen molar-refractivity contribution in [2.75, 3.05) is 5.32 Å². The van der Waals surface area contributed by atoms with Gasteiger partial charge in [0.1, 0.15) is 0 Å². The van der Waals surface area contributed by atoms with E-state index in [9.17, 15) is 4.79 Å². The zero-order valence-electron chi connectivity index (χ0n) is 15.1. The number of fused-ring (bicyclic) bond motifs is 1. The molecule has 0 fully saturated rings. The summed E-state index contributed by atoms with van der Waals surface area (Å²) in [7, 11) is 0. The molecule has 1 aliphatic carbocycles. The van der Waals surface area contributed by atoms with Crippen LogP contribution in [0.2, 0.25) is 0 Å². The lowest BCUT2D eigenvalue weighted by molar-refractivity contribution is -0.117. The van der Waals surface area contributed by atoms with E-state index in [1.54, 1.807) is 11.8 Å². The quantitative estimate of drug-likeness (QED) is 0.488. The van der Waals surface area contributed by atoms with Crippen LogP contribution < -0.4 is 5.32 Å². The Morgan fingerprint density at radius 1 is 1.21 bits per heavy atom. The van der Waals surface area contributed by atoms with Crippen LogP contribution in [0.15, 0.2) is 52.9 Å². The highest BCUT2D eigenvalue weighted by molar-refractivity contribution is 8.00. The van der Waals surface area contributed by atoms with Gasteiger partial charge in [-0.25, -0.2) is 0 Å². The highest BCUT2D eigenvalue weighted by Gasteiger charge is 2.26. The van der Waals surface area contributed by atoms with Gasteiger partial charge >= 0.3 is 0 Å². The molecular formula is C21H18N4OS2. The summed E-state index contributed by atoms with van der Waals surface area (Å²) >= 11 is 2.96. The van der Waals surface area contributed by atoms with Crippen molar-refractivity contribution in [3.8, 4) is 6.07 Å². The molecule has 2 aromatic carbocycles. The molecule has 4 rings (SSSR count). The number of aryl methyl sites for hydroxylation is 1. The minimum Gasteiger partial charge on any atom is -0.300 e. The van der Waals surface area contributed by atoms with Crippen molar-refractivity contribution in [2.45, 2.75) is 35.3 Å². The van der Waals surface area contributed by atoms with E-state index >= 15 is 0 Å². The molecule has 5 nitrogen and oxygen atoms in total. The van der Waals surface area contributed by atoms with E-state index in [1.807, 2.05) is 36.4 Å². The number of hydrogen-bond acceptors (Lipinski definition) is 6. The number of nitriles is 1. The van der Waals surface area contributed by atoms with Crippen molar-refractivity contribution in [3.63, 3.8) is 0 Å². The standard InChI is InChI=1S/C21H18N4OS2/c22-12-14-8-10-15(11-9-14)13-27-21-25-24-20(28-21)23-19(26)18-7-3-5-16-4-1-2-6-17(16)18/h1-2,4,6,8-11,18H,3,5,7,13H2,(H,23,24,26). The number of nitrogens with one attached hydrogen (secondary N) is 1. The second-order valence-electron chi connectivity index (χ2n) is 6.60. The van der Waals surface area contributed by atoms with Gasteiger partial charge in [-0.3, -0.25) is 10.1 Å². The normalized spacial score (nSPS) is 15.5. The average molecular weight is 407 g/mol. The molecule has 7 heteroatoms. The molecule has 1 aromatic heterocycles. The second-order valence-corrected chi connectivity index (χ2v) is 8.80. The van der Waals surface area contributed by atoms with Gasteiger partial charge in [0, 0.05) is 5.75 Å². The maximum Gasteiger partial charge on any atom is 0.233 e. The summed E-state index contributed by atoms with van der Waals surface area (Å²) in [6.07, 6.45) is 2.92. The van der Waals surface area contributed by atoms with Crippen LogP contribution >= 0.6 is 23.1 Å². The third kappa shape index (κ3) is 4.24. The van der Waals surface area contributed by atoms with Crippen molar-refractivity contribution in [3.05, 3.63) is 70.8 Å². The highest BCUT2D eigenvalue weighted by atomic mass is 32.2. The van der Waals surface area contributed by atoms with E-state index in [1.165, 1.54) is 16.9 Å². The Balaban J connectivity index is 1.37. The number of hydrogen-bond donors (Lipinski definition) is 1. The fraction of sp³-hybridized carbons (Fsp3) is 0.238. The van der Waals surface area contributed by atoms with Crippen molar-refractivity contribution < 1.29 is 4.79 Å². The van der Waals surface area contributed by atoms with Gasteiger partial charge in [0.25, 0.3) is 0 Å². The van der Waals surface area contributed by atoms with E-state index in [0.717, 1.165) is 40.5 Å². The maximum atomic E-state index is 12.8. The first-order valence-corrected chi connectivity index (χ1v) is 10.9. The molecule has 1 aliphatic rings. The first-order chi connectivity index (χ1) is 13.7. The minimum atomic E-state index is -0.122. The largest absolute Gasteiger partial charge is 0.300 e. The van der Waals surface area contributed by atoms with Gasteiger partial charge in [0.15, 0.2) is 4.34 Å². The molecule has 0 radical (unpaired) electrons. The molecule has 0 aliphatic heterocycles. The summed E-state index contributed by atoms with van der Waals surface area (Å²) in [4.78, 5) is 12.8. The molecule has 1 heterocycles. The lowest BCUT2D eigenvalue weighted by Gasteiger charge is -2.24. The Kier molecular flexibility index (Phi) is 5.70. The van der Waals surface area contributed by atoms with Gasteiger partial charge in [-0.1, -0.05) is 59.5 Å². The van der Waals surface area contributed by atoms with Crippen LogP contribution in [0, 0.1) is 11.3 Å². The van der Waals surface area contributed by atoms with Gasteiger partial charge in [-0.15, -0.1) is 10.2 Å². The summed E-state index contributed by atoms with van der Waals surface area (Å²) in [6.45, 7) is 0. The Hall–Kier alpha value is -2.69. The first-order valence-electron chi connectivity index (χ1n) is 9.07. The van der Waals surface area contributed by atoms with Crippen molar-refractivity contribution >= 4 is 34.1 Å². The fourth-order valence-corrected chi connectivity index (χ4v) is 5.07. The molecule has 0 saturated heterocycles. The van der Waals surface area contributed by atoms with Crippen molar-refractivity contribution in [1.29, 1.82) is 5.26 Å². The van der Waals surface area contributed by atoms with Gasteiger partial charge in [-0.2, -0.15) is 5.26 Å². The molecule has 0 spiro atoms. The number of anilines is 1. The van der Waals surface area contributed by atoms with Crippen LogP contribution in [0.1, 0.15) is 41.0 Å². The number of aromatic nitrogens is 2. The second kappa shape index (κ2) is 8.55. The Morgan fingerprint density at radius 3 is 2.86 bits per heavy atom. The van der Waals surface area contributed by atoms with Gasteiger partial charge in [0.05, 0.1) is 17.6 Å². The molecular weight excluding hydrogens is 388 g/mol. The maximum absolute atomic E-state index is 12.8. The molecule has 28 heavy (non-hydrogen) atoms. The molecule has 0 bridgehead atoms. The Bertz CT molecular complexity index is 1020. The Morgan fingerprint density at radius 2 is 2.04 bits per heavy atom. The molecule has 1 unspecified atom stereocenters. The summed E-state index contributed by atoms with van der Waals surface area (Å²) < 4.78 is 0.809. The fourth-order valence-electron chi connectivity index (χ4n) is 3.36. The molecule has 1 amide bonds. The number of benzene rings is 2. The summed E-state index contributed by atoms with van der Waals surface area (Å²) in [6, 6.07) is 17.8. The number of rotatable bonds is 5. The van der Waals surface area contributed by atoms with E-state index in [-0.39, 0.29) is 11.8 Å². The third-order valence-corrected chi connectivity index (χ3v) is 6.81. The van der Waals surface area contributed by atoms with Crippen molar-refractivity contribution in [2.24, 2.45) is 0 Å². The van der Waals surface area contributed by atoms with E-state index in [2.05, 4.69) is 33.7 Å². The third-order valence-electron chi connectivity index (χ3n) is 4.77. The van der Waals surface area contributed by atoms with Gasteiger partial charge in [-0.05, 0) is 48.1 Å². The zero-order valence-corrected chi connectivity index (χ0v) is 16.7. The van der Waals surface area contributed by atoms with E-state index < -0.39 is 0 Å². The van der Waals surface area contributed by atoms with Crippen LogP contribution in [-0.4, -0.2) is 16.1 Å². The summed E-state index contributed by atoms with van der Waals surface area (Å²) in [5.74, 6) is 0.611. The topological polar surface area (TPSA) is 78.7 Å². The lowest BCUT2D eigenvalue weighted by Crippen LogP contribution is -2.24. The summed E-state index contributed by atoms with van der Waals surface area (Å²) in [5.41, 5.74) is 4.17. The van der Waals surface area contributed by atoms with Crippen LogP contribution in [0.4, 0.5) is 5.13 Å².